The second-order valence-corrected chi connectivity index (χ2v) is 7.93. The number of aryl methyl sites for hydroxylation is 2. The molecule has 1 aromatic heterocycles. The Labute approximate surface area is 196 Å². The van der Waals surface area contributed by atoms with E-state index >= 15 is 0 Å². The van der Waals surface area contributed by atoms with E-state index in [2.05, 4.69) is 21.7 Å². The number of nitrogens with one attached hydrogen (secondary N) is 2. The Morgan fingerprint density at radius 1 is 0.970 bits per heavy atom. The van der Waals surface area contributed by atoms with Gasteiger partial charge in [0.15, 0.2) is 10.7 Å². The van der Waals surface area contributed by atoms with Crippen molar-refractivity contribution < 1.29 is 18.7 Å². The largest absolute Gasteiger partial charge is 0.496 e. The molecule has 1 heterocycles. The maximum atomic E-state index is 12.8. The first kappa shape index (κ1) is 22.3. The van der Waals surface area contributed by atoms with E-state index in [1.54, 1.807) is 24.3 Å². The molecule has 0 saturated carbocycles. The van der Waals surface area contributed by atoms with Crippen molar-refractivity contribution >= 4 is 40.0 Å². The van der Waals surface area contributed by atoms with E-state index in [4.69, 9.17) is 26.1 Å². The van der Waals surface area contributed by atoms with Crippen molar-refractivity contribution in [2.24, 2.45) is 0 Å². The van der Waals surface area contributed by atoms with Gasteiger partial charge in [0.2, 0.25) is 5.89 Å². The number of carbonyl (C=O) groups excluding carboxylic acids is 1. The van der Waals surface area contributed by atoms with Gasteiger partial charge in [0.25, 0.3) is 5.91 Å². The van der Waals surface area contributed by atoms with Crippen molar-refractivity contribution in [3.8, 4) is 23.0 Å². The van der Waals surface area contributed by atoms with Crippen molar-refractivity contribution in [1.29, 1.82) is 0 Å². The summed E-state index contributed by atoms with van der Waals surface area (Å²) in [5.41, 5.74) is 5.46. The summed E-state index contributed by atoms with van der Waals surface area (Å²) in [6, 6.07) is 16.7. The number of carbonyl (C=O) groups is 1. The van der Waals surface area contributed by atoms with Crippen LogP contribution in [0.1, 0.15) is 21.5 Å². The first-order valence-corrected chi connectivity index (χ1v) is 10.6. The molecule has 0 aliphatic carbocycles. The number of hydrogen-bond donors (Lipinski definition) is 2. The highest BCUT2D eigenvalue weighted by Gasteiger charge is 2.19. The van der Waals surface area contributed by atoms with Gasteiger partial charge < -0.3 is 19.2 Å². The number of benzene rings is 3. The summed E-state index contributed by atoms with van der Waals surface area (Å²) in [6.45, 7) is 4.08. The van der Waals surface area contributed by atoms with Gasteiger partial charge >= 0.3 is 0 Å². The molecule has 8 heteroatoms. The molecule has 2 N–H and O–H groups in total. The van der Waals surface area contributed by atoms with E-state index in [0.717, 1.165) is 16.7 Å². The van der Waals surface area contributed by atoms with E-state index in [1.807, 2.05) is 38.1 Å². The van der Waals surface area contributed by atoms with Crippen LogP contribution in [0.4, 0.5) is 5.69 Å². The first-order chi connectivity index (χ1) is 15.9. The molecule has 4 rings (SSSR count). The third-order valence-electron chi connectivity index (χ3n) is 5.00. The highest BCUT2D eigenvalue weighted by atomic mass is 32.1. The van der Waals surface area contributed by atoms with E-state index in [0.29, 0.717) is 34.2 Å². The van der Waals surface area contributed by atoms with Crippen LogP contribution < -0.4 is 20.1 Å². The van der Waals surface area contributed by atoms with Crippen LogP contribution in [0, 0.1) is 13.8 Å². The molecule has 168 valence electrons. The minimum absolute atomic E-state index is 0.130. The van der Waals surface area contributed by atoms with Crippen molar-refractivity contribution in [1.82, 2.24) is 10.3 Å². The van der Waals surface area contributed by atoms with Crippen LogP contribution in [-0.4, -0.2) is 30.2 Å². The lowest BCUT2D eigenvalue weighted by molar-refractivity contribution is 0.0971. The summed E-state index contributed by atoms with van der Waals surface area (Å²) >= 11 is 5.34. The molecule has 0 fully saturated rings. The fourth-order valence-corrected chi connectivity index (χ4v) is 3.84. The second kappa shape index (κ2) is 9.30. The number of ether oxygens (including phenoxy) is 2. The number of thiocarbonyl (C=S) groups is 1. The number of amides is 1. The molecule has 0 aliphatic heterocycles. The topological polar surface area (TPSA) is 85.6 Å². The summed E-state index contributed by atoms with van der Waals surface area (Å²) in [5.74, 6) is 0.879. The highest BCUT2D eigenvalue weighted by Crippen LogP contribution is 2.29. The number of hydrogen-bond acceptors (Lipinski definition) is 6. The molecule has 0 radical (unpaired) electrons. The van der Waals surface area contributed by atoms with Crippen LogP contribution in [0.15, 0.2) is 59.0 Å². The number of anilines is 1. The predicted molar refractivity (Wildman–Crippen MR) is 132 cm³/mol. The van der Waals surface area contributed by atoms with Crippen LogP contribution in [0.5, 0.6) is 11.5 Å². The van der Waals surface area contributed by atoms with Crippen molar-refractivity contribution in [3.05, 3.63) is 71.3 Å². The van der Waals surface area contributed by atoms with E-state index in [1.165, 1.54) is 14.2 Å². The molecular formula is C25H23N3O4S. The Morgan fingerprint density at radius 2 is 1.64 bits per heavy atom. The zero-order valence-electron chi connectivity index (χ0n) is 18.7. The fourth-order valence-electron chi connectivity index (χ4n) is 3.63. The zero-order valence-corrected chi connectivity index (χ0v) is 19.5. The Hall–Kier alpha value is -3.91. The number of nitrogens with zero attached hydrogens (tertiary/aromatic N) is 1. The fraction of sp³-hybridized carbons (Fsp3) is 0.160. The molecule has 1 amide bonds. The van der Waals surface area contributed by atoms with Crippen LogP contribution in [-0.2, 0) is 0 Å². The van der Waals surface area contributed by atoms with Crippen LogP contribution in [0.25, 0.3) is 22.6 Å². The van der Waals surface area contributed by atoms with Crippen LogP contribution >= 0.6 is 12.2 Å². The molecule has 0 atom stereocenters. The predicted octanol–water partition coefficient (Wildman–Crippen LogP) is 5.26. The lowest BCUT2D eigenvalue weighted by Crippen LogP contribution is -2.34. The zero-order chi connectivity index (χ0) is 23.5. The summed E-state index contributed by atoms with van der Waals surface area (Å²) in [5, 5.41) is 5.81. The summed E-state index contributed by atoms with van der Waals surface area (Å²) in [7, 11) is 2.98. The van der Waals surface area contributed by atoms with Crippen molar-refractivity contribution in [3.63, 3.8) is 0 Å². The number of fused-ring (bicyclic) bond motifs is 1. The summed E-state index contributed by atoms with van der Waals surface area (Å²) in [4.78, 5) is 17.4. The average molecular weight is 462 g/mol. The van der Waals surface area contributed by atoms with Gasteiger partial charge in [-0.1, -0.05) is 23.3 Å². The minimum atomic E-state index is -0.443. The first-order valence-electron chi connectivity index (χ1n) is 10.2. The third kappa shape index (κ3) is 4.80. The van der Waals surface area contributed by atoms with Gasteiger partial charge in [-0.05, 0) is 68.5 Å². The van der Waals surface area contributed by atoms with Gasteiger partial charge in [0, 0.05) is 11.3 Å². The lowest BCUT2D eigenvalue weighted by Gasteiger charge is -2.14. The highest BCUT2D eigenvalue weighted by molar-refractivity contribution is 7.80. The van der Waals surface area contributed by atoms with Crippen molar-refractivity contribution in [2.45, 2.75) is 13.8 Å². The Balaban J connectivity index is 1.52. The second-order valence-electron chi connectivity index (χ2n) is 7.52. The normalized spacial score (nSPS) is 10.7. The number of oxazole rings is 1. The number of methoxy groups -OCH3 is 2. The van der Waals surface area contributed by atoms with Gasteiger partial charge in [0.1, 0.15) is 22.6 Å². The third-order valence-corrected chi connectivity index (χ3v) is 5.20. The van der Waals surface area contributed by atoms with Gasteiger partial charge in [0.05, 0.1) is 14.2 Å². The Morgan fingerprint density at radius 3 is 2.27 bits per heavy atom. The molecule has 0 unspecified atom stereocenters. The molecule has 33 heavy (non-hydrogen) atoms. The Kier molecular flexibility index (Phi) is 6.28. The van der Waals surface area contributed by atoms with E-state index in [-0.39, 0.29) is 10.7 Å². The lowest BCUT2D eigenvalue weighted by atomic mass is 10.1. The van der Waals surface area contributed by atoms with Gasteiger partial charge in [-0.2, -0.15) is 0 Å². The summed E-state index contributed by atoms with van der Waals surface area (Å²) in [6.07, 6.45) is 0. The number of aromatic nitrogens is 1. The SMILES string of the molecule is COc1cccc(OC)c1C(=O)NC(=S)Nc1ccc2oc(-c3cc(C)cc(C)c3)nc2c1. The smallest absolute Gasteiger partial charge is 0.264 e. The molecule has 0 bridgehead atoms. The molecule has 0 aliphatic rings. The van der Waals surface area contributed by atoms with Crippen molar-refractivity contribution in [2.75, 3.05) is 19.5 Å². The molecule has 0 spiro atoms. The van der Waals surface area contributed by atoms with Gasteiger partial charge in [-0.3, -0.25) is 10.1 Å². The molecule has 4 aromatic rings. The van der Waals surface area contributed by atoms with E-state index < -0.39 is 5.91 Å². The average Bonchev–Trinajstić information content (AvgIpc) is 3.21. The Bertz CT molecular complexity index is 1320. The van der Waals surface area contributed by atoms with Gasteiger partial charge in [-0.25, -0.2) is 4.98 Å². The molecule has 3 aromatic carbocycles. The van der Waals surface area contributed by atoms with E-state index in [9.17, 15) is 4.79 Å². The maximum absolute atomic E-state index is 12.8. The molecular weight excluding hydrogens is 438 g/mol. The maximum Gasteiger partial charge on any atom is 0.264 e. The summed E-state index contributed by atoms with van der Waals surface area (Å²) < 4.78 is 16.5. The monoisotopic (exact) mass is 461 g/mol. The van der Waals surface area contributed by atoms with Gasteiger partial charge in [-0.15, -0.1) is 0 Å². The molecule has 0 saturated heterocycles. The molecule has 7 nitrogen and oxygen atoms in total. The number of rotatable bonds is 5. The quantitative estimate of drug-likeness (QED) is 0.392. The van der Waals surface area contributed by atoms with Crippen LogP contribution in [0.2, 0.25) is 0 Å². The standard InChI is InChI=1S/C25H23N3O4S/c1-14-10-15(2)12-16(11-14)24-27-18-13-17(8-9-19(18)32-24)26-25(33)28-23(29)22-20(30-3)6-5-7-21(22)31-4/h5-13H,1-4H3,(H2,26,28,29,33). The van der Waals surface area contributed by atoms with Crippen LogP contribution in [0.3, 0.4) is 0 Å². The minimum Gasteiger partial charge on any atom is -0.496 e.